The monoisotopic (exact) mass is 429 g/mol. The fraction of sp³-hybridized carbons (Fsp3) is 0.0476. The predicted molar refractivity (Wildman–Crippen MR) is 112 cm³/mol. The smallest absolute Gasteiger partial charge is 0.293 e. The van der Waals surface area contributed by atoms with Gasteiger partial charge in [0.2, 0.25) is 0 Å². The van der Waals surface area contributed by atoms with Gasteiger partial charge in [-0.1, -0.05) is 53.5 Å². The van der Waals surface area contributed by atoms with E-state index >= 15 is 0 Å². The number of benzene rings is 2. The van der Waals surface area contributed by atoms with E-state index in [2.05, 4.69) is 0 Å². The highest BCUT2D eigenvalue weighted by atomic mass is 35.5. The first-order valence-electron chi connectivity index (χ1n) is 8.36. The molecule has 2 heterocycles. The van der Waals surface area contributed by atoms with Gasteiger partial charge < -0.3 is 4.42 Å². The van der Waals surface area contributed by atoms with Crippen LogP contribution in [0.5, 0.6) is 0 Å². The molecule has 0 aliphatic carbocycles. The summed E-state index contributed by atoms with van der Waals surface area (Å²) in [5.41, 5.74) is 1.59. The zero-order valence-corrected chi connectivity index (χ0v) is 16.7. The summed E-state index contributed by atoms with van der Waals surface area (Å²) >= 11 is 13.0. The number of rotatable bonds is 4. The van der Waals surface area contributed by atoms with Crippen molar-refractivity contribution in [3.63, 3.8) is 0 Å². The molecule has 1 saturated heterocycles. The topological polar surface area (TPSA) is 50.5 Å². The maximum absolute atomic E-state index is 12.6. The first kappa shape index (κ1) is 18.9. The summed E-state index contributed by atoms with van der Waals surface area (Å²) in [6.07, 6.45) is 1.57. The average Bonchev–Trinajstić information content (AvgIpc) is 3.23. The first-order chi connectivity index (χ1) is 13.5. The SMILES string of the molecule is O=C1S/C(=C/c2ccc(-c3ccc(Cl)cc3Cl)o2)C(=O)N1Cc1ccccc1. The van der Waals surface area contributed by atoms with Crippen molar-refractivity contribution in [3.05, 3.63) is 86.9 Å². The van der Waals surface area contributed by atoms with Crippen LogP contribution in [-0.4, -0.2) is 16.0 Å². The Kier molecular flexibility index (Phi) is 5.31. The van der Waals surface area contributed by atoms with Crippen LogP contribution >= 0.6 is 35.0 Å². The Morgan fingerprint density at radius 2 is 1.79 bits per heavy atom. The highest BCUT2D eigenvalue weighted by Gasteiger charge is 2.35. The van der Waals surface area contributed by atoms with Crippen LogP contribution in [0, 0.1) is 0 Å². The molecule has 7 heteroatoms. The van der Waals surface area contributed by atoms with Crippen LogP contribution in [-0.2, 0) is 11.3 Å². The summed E-state index contributed by atoms with van der Waals surface area (Å²) < 4.78 is 5.79. The molecule has 1 aromatic heterocycles. The second kappa shape index (κ2) is 7.87. The fourth-order valence-corrected chi connectivity index (χ4v) is 4.12. The third kappa shape index (κ3) is 3.87. The van der Waals surface area contributed by atoms with Crippen molar-refractivity contribution in [2.24, 2.45) is 0 Å². The van der Waals surface area contributed by atoms with E-state index in [1.807, 2.05) is 30.3 Å². The molecule has 1 aliphatic rings. The molecular weight excluding hydrogens is 417 g/mol. The number of carbonyl (C=O) groups is 2. The van der Waals surface area contributed by atoms with Crippen LogP contribution in [0.25, 0.3) is 17.4 Å². The summed E-state index contributed by atoms with van der Waals surface area (Å²) in [6.45, 7) is 0.243. The van der Waals surface area contributed by atoms with Gasteiger partial charge in [-0.05, 0) is 47.7 Å². The highest BCUT2D eigenvalue weighted by Crippen LogP contribution is 2.35. The third-order valence-corrected chi connectivity index (χ3v) is 5.61. The maximum atomic E-state index is 12.6. The molecule has 1 fully saturated rings. The van der Waals surface area contributed by atoms with Crippen LogP contribution in [0.2, 0.25) is 10.0 Å². The standard InChI is InChI=1S/C21H13Cl2NO3S/c22-14-6-8-16(17(23)10-14)18-9-7-15(27-18)11-19-20(25)24(21(26)28-19)12-13-4-2-1-3-5-13/h1-11H,12H2/b19-11+. The summed E-state index contributed by atoms with van der Waals surface area (Å²) in [7, 11) is 0. The quantitative estimate of drug-likeness (QED) is 0.444. The summed E-state index contributed by atoms with van der Waals surface area (Å²) in [4.78, 5) is 26.4. The van der Waals surface area contributed by atoms with Gasteiger partial charge in [0.15, 0.2) is 0 Å². The average molecular weight is 430 g/mol. The van der Waals surface area contributed by atoms with E-state index in [0.717, 1.165) is 17.3 Å². The normalized spacial score (nSPS) is 15.6. The summed E-state index contributed by atoms with van der Waals surface area (Å²) in [5.74, 6) is 0.684. The molecule has 140 valence electrons. The minimum atomic E-state index is -0.332. The van der Waals surface area contributed by atoms with Gasteiger partial charge in [-0.3, -0.25) is 14.5 Å². The van der Waals surface area contributed by atoms with Crippen molar-refractivity contribution >= 4 is 52.2 Å². The number of hydrogen-bond donors (Lipinski definition) is 0. The van der Waals surface area contributed by atoms with Gasteiger partial charge in [-0.15, -0.1) is 0 Å². The lowest BCUT2D eigenvalue weighted by Crippen LogP contribution is -2.27. The van der Waals surface area contributed by atoms with Crippen LogP contribution < -0.4 is 0 Å². The zero-order valence-electron chi connectivity index (χ0n) is 14.4. The molecule has 4 nitrogen and oxygen atoms in total. The molecule has 4 rings (SSSR count). The van der Waals surface area contributed by atoms with Crippen molar-refractivity contribution in [2.75, 3.05) is 0 Å². The molecule has 0 atom stereocenters. The fourth-order valence-electron chi connectivity index (χ4n) is 2.80. The van der Waals surface area contributed by atoms with Crippen molar-refractivity contribution in [1.29, 1.82) is 0 Å². The Morgan fingerprint density at radius 3 is 2.54 bits per heavy atom. The van der Waals surface area contributed by atoms with Gasteiger partial charge in [0.1, 0.15) is 11.5 Å². The van der Waals surface area contributed by atoms with Crippen LogP contribution in [0.15, 0.2) is 70.0 Å². The molecular formula is C21H13Cl2NO3S. The van der Waals surface area contributed by atoms with Gasteiger partial charge in [0.25, 0.3) is 11.1 Å². The number of imide groups is 1. The number of carbonyl (C=O) groups excluding carboxylic acids is 2. The predicted octanol–water partition coefficient (Wildman–Crippen LogP) is 6.49. The van der Waals surface area contributed by atoms with Gasteiger partial charge in [-0.2, -0.15) is 0 Å². The lowest BCUT2D eigenvalue weighted by molar-refractivity contribution is -0.123. The number of nitrogens with zero attached hydrogens (tertiary/aromatic N) is 1. The third-order valence-electron chi connectivity index (χ3n) is 4.15. The van der Waals surface area contributed by atoms with E-state index in [9.17, 15) is 9.59 Å². The Hall–Kier alpha value is -2.47. The van der Waals surface area contributed by atoms with Crippen LogP contribution in [0.3, 0.4) is 0 Å². The van der Waals surface area contributed by atoms with Crippen molar-refractivity contribution in [3.8, 4) is 11.3 Å². The molecule has 0 radical (unpaired) electrons. The minimum absolute atomic E-state index is 0.243. The Labute approximate surface area is 175 Å². The number of hydrogen-bond acceptors (Lipinski definition) is 4. The number of halogens is 2. The Morgan fingerprint density at radius 1 is 1.00 bits per heavy atom. The van der Waals surface area contributed by atoms with E-state index in [0.29, 0.717) is 32.0 Å². The maximum Gasteiger partial charge on any atom is 0.293 e. The van der Waals surface area contributed by atoms with Crippen molar-refractivity contribution < 1.29 is 14.0 Å². The minimum Gasteiger partial charge on any atom is -0.457 e. The second-order valence-corrected chi connectivity index (χ2v) is 7.92. The molecule has 0 N–H and O–H groups in total. The Bertz CT molecular complexity index is 1090. The molecule has 0 spiro atoms. The van der Waals surface area contributed by atoms with E-state index < -0.39 is 0 Å². The van der Waals surface area contributed by atoms with Gasteiger partial charge in [-0.25, -0.2) is 0 Å². The molecule has 0 unspecified atom stereocenters. The van der Waals surface area contributed by atoms with Crippen molar-refractivity contribution in [1.82, 2.24) is 4.90 Å². The second-order valence-electron chi connectivity index (χ2n) is 6.08. The van der Waals surface area contributed by atoms with E-state index in [-0.39, 0.29) is 17.7 Å². The molecule has 3 aromatic rings. The Balaban J connectivity index is 1.56. The highest BCUT2D eigenvalue weighted by molar-refractivity contribution is 8.18. The van der Waals surface area contributed by atoms with E-state index in [1.165, 1.54) is 4.90 Å². The van der Waals surface area contributed by atoms with Crippen LogP contribution in [0.1, 0.15) is 11.3 Å². The van der Waals surface area contributed by atoms with Crippen molar-refractivity contribution in [2.45, 2.75) is 6.54 Å². The van der Waals surface area contributed by atoms with Gasteiger partial charge in [0.05, 0.1) is 16.5 Å². The molecule has 0 saturated carbocycles. The number of thioether (sulfide) groups is 1. The summed E-state index contributed by atoms with van der Waals surface area (Å²) in [6, 6.07) is 18.0. The van der Waals surface area contributed by atoms with E-state index in [4.69, 9.17) is 27.6 Å². The first-order valence-corrected chi connectivity index (χ1v) is 9.93. The number of furan rings is 1. The summed E-state index contributed by atoms with van der Waals surface area (Å²) in [5, 5.41) is 0.705. The lowest BCUT2D eigenvalue weighted by atomic mass is 10.2. The van der Waals surface area contributed by atoms with Gasteiger partial charge in [0, 0.05) is 16.7 Å². The largest absolute Gasteiger partial charge is 0.457 e. The molecule has 28 heavy (non-hydrogen) atoms. The van der Waals surface area contributed by atoms with E-state index in [1.54, 1.807) is 36.4 Å². The lowest BCUT2D eigenvalue weighted by Gasteiger charge is -2.11. The molecule has 2 amide bonds. The number of amides is 2. The van der Waals surface area contributed by atoms with Crippen LogP contribution in [0.4, 0.5) is 4.79 Å². The molecule has 2 aromatic carbocycles. The molecule has 1 aliphatic heterocycles. The van der Waals surface area contributed by atoms with Gasteiger partial charge >= 0.3 is 0 Å². The molecule has 0 bridgehead atoms. The zero-order chi connectivity index (χ0) is 19.7.